The second kappa shape index (κ2) is 5.33. The van der Waals surface area contributed by atoms with Gasteiger partial charge in [0.15, 0.2) is 15.7 Å². The van der Waals surface area contributed by atoms with Crippen molar-refractivity contribution in [2.24, 2.45) is 16.8 Å². The summed E-state index contributed by atoms with van der Waals surface area (Å²) >= 11 is 0. The van der Waals surface area contributed by atoms with E-state index < -0.39 is 21.9 Å². The van der Waals surface area contributed by atoms with E-state index in [1.807, 2.05) is 0 Å². The van der Waals surface area contributed by atoms with Gasteiger partial charge in [-0.3, -0.25) is 4.79 Å². The van der Waals surface area contributed by atoms with E-state index in [-0.39, 0.29) is 36.4 Å². The van der Waals surface area contributed by atoms with Gasteiger partial charge in [-0.15, -0.1) is 0 Å². The fraction of sp³-hybridized carbons (Fsp3) is 0.800. The predicted octanol–water partition coefficient (Wildman–Crippen LogP) is -1.61. The van der Waals surface area contributed by atoms with Gasteiger partial charge in [0.1, 0.15) is 6.10 Å². The maximum Gasteiger partial charge on any atom is 0.226 e. The second-order valence-corrected chi connectivity index (χ2v) is 7.00. The topological polar surface area (TPSA) is 122 Å². The van der Waals surface area contributed by atoms with Gasteiger partial charge >= 0.3 is 0 Å². The summed E-state index contributed by atoms with van der Waals surface area (Å²) in [7, 11) is -3.08. The molecule has 0 aromatic carbocycles. The number of hydrogen-bond donors (Lipinski definition) is 2. The number of carbonyl (C=O) groups is 1. The summed E-state index contributed by atoms with van der Waals surface area (Å²) in [4.78, 5) is 13.7. The normalized spacial score (nSPS) is 31.4. The molecule has 2 saturated heterocycles. The zero-order valence-electron chi connectivity index (χ0n) is 10.4. The smallest absolute Gasteiger partial charge is 0.226 e. The third-order valence-corrected chi connectivity index (χ3v) is 5.17. The molecule has 0 aromatic rings. The molecule has 0 spiro atoms. The van der Waals surface area contributed by atoms with Crippen LogP contribution >= 0.6 is 0 Å². The van der Waals surface area contributed by atoms with Crippen LogP contribution in [-0.4, -0.2) is 67.6 Å². The van der Waals surface area contributed by atoms with Crippen molar-refractivity contribution in [3.05, 3.63) is 0 Å². The van der Waals surface area contributed by atoms with Crippen LogP contribution in [0.2, 0.25) is 0 Å². The Morgan fingerprint density at radius 2 is 2.21 bits per heavy atom. The molecule has 0 saturated carbocycles. The van der Waals surface area contributed by atoms with E-state index in [0.717, 1.165) is 0 Å². The summed E-state index contributed by atoms with van der Waals surface area (Å²) in [6.07, 6.45) is -0.270. The first-order valence-electron chi connectivity index (χ1n) is 6.01. The fourth-order valence-corrected chi connectivity index (χ4v) is 4.07. The molecule has 2 fully saturated rings. The number of amidine groups is 1. The highest BCUT2D eigenvalue weighted by Crippen LogP contribution is 2.21. The van der Waals surface area contributed by atoms with Gasteiger partial charge in [-0.25, -0.2) is 8.42 Å². The van der Waals surface area contributed by atoms with Crippen molar-refractivity contribution in [1.29, 1.82) is 0 Å². The van der Waals surface area contributed by atoms with Crippen LogP contribution < -0.4 is 5.73 Å². The lowest BCUT2D eigenvalue weighted by Gasteiger charge is -2.33. The molecule has 2 atom stereocenters. The van der Waals surface area contributed by atoms with Crippen LogP contribution in [-0.2, 0) is 19.4 Å². The minimum atomic E-state index is -3.08. The number of rotatable bonds is 2. The van der Waals surface area contributed by atoms with Crippen LogP contribution in [0.1, 0.15) is 6.42 Å². The Hall–Kier alpha value is -1.35. The lowest BCUT2D eigenvalue weighted by atomic mass is 10.1. The zero-order valence-corrected chi connectivity index (χ0v) is 11.2. The molecule has 108 valence electrons. The van der Waals surface area contributed by atoms with Crippen molar-refractivity contribution in [3.63, 3.8) is 0 Å². The highest BCUT2D eigenvalue weighted by Gasteiger charge is 2.37. The third-order valence-electron chi connectivity index (χ3n) is 3.41. The molecule has 0 bridgehead atoms. The molecule has 2 rings (SSSR count). The Kier molecular flexibility index (Phi) is 3.95. The Bertz CT molecular complexity index is 489. The summed E-state index contributed by atoms with van der Waals surface area (Å²) in [5.74, 6) is -0.776. The molecule has 3 N–H and O–H groups in total. The first kappa shape index (κ1) is 14.1. The van der Waals surface area contributed by atoms with Crippen molar-refractivity contribution in [2.75, 3.05) is 31.2 Å². The number of nitrogens with zero attached hydrogens (tertiary/aromatic N) is 2. The monoisotopic (exact) mass is 291 g/mol. The molecule has 2 aliphatic heterocycles. The minimum absolute atomic E-state index is 0.0669. The van der Waals surface area contributed by atoms with Crippen molar-refractivity contribution in [3.8, 4) is 0 Å². The molecule has 0 aromatic heterocycles. The summed E-state index contributed by atoms with van der Waals surface area (Å²) in [6.45, 7) is 0.863. The van der Waals surface area contributed by atoms with E-state index in [1.54, 1.807) is 0 Å². The van der Waals surface area contributed by atoms with Gasteiger partial charge in [-0.1, -0.05) is 5.16 Å². The Morgan fingerprint density at radius 1 is 1.47 bits per heavy atom. The van der Waals surface area contributed by atoms with Crippen LogP contribution in [0.25, 0.3) is 0 Å². The molecule has 0 aliphatic carbocycles. The van der Waals surface area contributed by atoms with Gasteiger partial charge in [0.25, 0.3) is 0 Å². The molecule has 2 heterocycles. The van der Waals surface area contributed by atoms with Crippen molar-refractivity contribution in [1.82, 2.24) is 4.90 Å². The molecular weight excluding hydrogens is 274 g/mol. The largest absolute Gasteiger partial charge is 0.409 e. The average Bonchev–Trinajstić information content (AvgIpc) is 2.77. The minimum Gasteiger partial charge on any atom is -0.409 e. The van der Waals surface area contributed by atoms with Gasteiger partial charge in [0.05, 0.1) is 30.6 Å². The van der Waals surface area contributed by atoms with E-state index in [4.69, 9.17) is 15.7 Å². The third kappa shape index (κ3) is 3.16. The molecule has 0 radical (unpaired) electrons. The van der Waals surface area contributed by atoms with E-state index in [0.29, 0.717) is 13.0 Å². The molecule has 2 aliphatic rings. The summed E-state index contributed by atoms with van der Waals surface area (Å²) < 4.78 is 28.0. The van der Waals surface area contributed by atoms with Crippen LogP contribution in [0.15, 0.2) is 5.16 Å². The van der Waals surface area contributed by atoms with Crippen molar-refractivity contribution < 1.29 is 23.2 Å². The highest BCUT2D eigenvalue weighted by atomic mass is 32.2. The van der Waals surface area contributed by atoms with Gasteiger partial charge in [-0.2, -0.15) is 0 Å². The number of nitrogens with two attached hydrogens (primary N) is 1. The number of ether oxygens (including phenoxy) is 1. The molecule has 8 nitrogen and oxygen atoms in total. The van der Waals surface area contributed by atoms with Gasteiger partial charge in [-0.05, 0) is 6.42 Å². The maximum atomic E-state index is 12.2. The Balaban J connectivity index is 2.00. The van der Waals surface area contributed by atoms with Crippen LogP contribution in [0.3, 0.4) is 0 Å². The van der Waals surface area contributed by atoms with E-state index >= 15 is 0 Å². The van der Waals surface area contributed by atoms with Crippen molar-refractivity contribution >= 4 is 21.6 Å². The van der Waals surface area contributed by atoms with Gasteiger partial charge in [0.2, 0.25) is 5.91 Å². The Morgan fingerprint density at radius 3 is 2.79 bits per heavy atom. The Labute approximate surface area is 111 Å². The number of morpholine rings is 1. The second-order valence-electron chi connectivity index (χ2n) is 4.77. The van der Waals surface area contributed by atoms with Gasteiger partial charge in [0, 0.05) is 6.54 Å². The number of oxime groups is 1. The lowest BCUT2D eigenvalue weighted by molar-refractivity contribution is -0.140. The van der Waals surface area contributed by atoms with Gasteiger partial charge < -0.3 is 20.6 Å². The van der Waals surface area contributed by atoms with E-state index in [9.17, 15) is 13.2 Å². The number of amides is 1. The number of sulfone groups is 1. The van der Waals surface area contributed by atoms with Crippen LogP contribution in [0.4, 0.5) is 0 Å². The first-order chi connectivity index (χ1) is 8.93. The molecular formula is C10H17N3O5S. The molecule has 9 heteroatoms. The highest BCUT2D eigenvalue weighted by molar-refractivity contribution is 7.91. The maximum absolute atomic E-state index is 12.2. The number of carbonyl (C=O) groups excluding carboxylic acids is 1. The van der Waals surface area contributed by atoms with Crippen LogP contribution in [0.5, 0.6) is 0 Å². The molecule has 2 unspecified atom stereocenters. The quantitative estimate of drug-likeness (QED) is 0.273. The van der Waals surface area contributed by atoms with Crippen LogP contribution in [0, 0.1) is 5.92 Å². The molecule has 1 amide bonds. The van der Waals surface area contributed by atoms with E-state index in [1.165, 1.54) is 4.90 Å². The average molecular weight is 291 g/mol. The zero-order chi connectivity index (χ0) is 14.0. The number of hydrogen-bond acceptors (Lipinski definition) is 6. The predicted molar refractivity (Wildman–Crippen MR) is 66.5 cm³/mol. The summed E-state index contributed by atoms with van der Waals surface area (Å²) in [5, 5.41) is 11.5. The standard InChI is InChI=1S/C10H17N3O5S/c11-9(12-15)8-5-13(2-3-18-8)10(14)7-1-4-19(16,17)6-7/h7-8,15H,1-6H2,(H2,11,12). The SMILES string of the molecule is NC(=NO)C1CN(C(=O)C2CCS(=O)(=O)C2)CCO1. The van der Waals surface area contributed by atoms with Crippen molar-refractivity contribution in [2.45, 2.75) is 12.5 Å². The summed E-state index contributed by atoms with van der Waals surface area (Å²) in [5.41, 5.74) is 5.45. The van der Waals surface area contributed by atoms with E-state index in [2.05, 4.69) is 5.16 Å². The summed E-state index contributed by atoms with van der Waals surface area (Å²) in [6, 6.07) is 0. The molecule has 19 heavy (non-hydrogen) atoms. The lowest BCUT2D eigenvalue weighted by Crippen LogP contribution is -2.52. The fourth-order valence-electron chi connectivity index (χ4n) is 2.34. The first-order valence-corrected chi connectivity index (χ1v) is 7.83.